The first-order valence-electron chi connectivity index (χ1n) is 4.25. The quantitative estimate of drug-likeness (QED) is 0.729. The average Bonchev–Trinajstić information content (AvgIpc) is 2.65. The van der Waals surface area contributed by atoms with E-state index < -0.39 is 12.1 Å². The number of esters is 1. The Labute approximate surface area is 81.7 Å². The maximum Gasteiger partial charge on any atom is 0.375 e. The monoisotopic (exact) mass is 193 g/mol. The van der Waals surface area contributed by atoms with Gasteiger partial charge in [-0.3, -0.25) is 0 Å². The molecular formula is C9H11N3O2. The van der Waals surface area contributed by atoms with Gasteiger partial charge in [-0.15, -0.1) is 0 Å². The molecule has 0 aliphatic carbocycles. The molecule has 0 aliphatic heterocycles. The van der Waals surface area contributed by atoms with Gasteiger partial charge in [-0.2, -0.15) is 5.26 Å². The summed E-state index contributed by atoms with van der Waals surface area (Å²) in [6.07, 6.45) is 2.24. The highest BCUT2D eigenvalue weighted by atomic mass is 16.5. The van der Waals surface area contributed by atoms with Crippen molar-refractivity contribution in [2.75, 3.05) is 0 Å². The molecule has 1 aromatic rings. The molecule has 0 spiro atoms. The van der Waals surface area contributed by atoms with Crippen molar-refractivity contribution in [2.45, 2.75) is 20.0 Å². The zero-order chi connectivity index (χ0) is 10.6. The number of hydrogen-bond donors (Lipinski definition) is 1. The molecule has 1 rings (SSSR count). The lowest BCUT2D eigenvalue weighted by Gasteiger charge is -2.12. The summed E-state index contributed by atoms with van der Waals surface area (Å²) >= 11 is 0. The van der Waals surface area contributed by atoms with E-state index in [0.717, 1.165) is 0 Å². The van der Waals surface area contributed by atoms with E-state index in [2.05, 4.69) is 9.97 Å². The number of H-pyrrole nitrogens is 1. The molecule has 5 nitrogen and oxygen atoms in total. The molecule has 0 amide bonds. The third-order valence-corrected chi connectivity index (χ3v) is 1.66. The fraction of sp³-hybridized carbons (Fsp3) is 0.444. The molecule has 14 heavy (non-hydrogen) atoms. The molecule has 0 fully saturated rings. The maximum absolute atomic E-state index is 11.3. The third-order valence-electron chi connectivity index (χ3n) is 1.66. The van der Waals surface area contributed by atoms with Crippen LogP contribution in [0.2, 0.25) is 0 Å². The third kappa shape index (κ3) is 2.33. The first-order valence-corrected chi connectivity index (χ1v) is 4.25. The van der Waals surface area contributed by atoms with Crippen LogP contribution >= 0.6 is 0 Å². The molecule has 0 aliphatic rings. The van der Waals surface area contributed by atoms with Gasteiger partial charge in [-0.05, 0) is 0 Å². The van der Waals surface area contributed by atoms with E-state index in [4.69, 9.17) is 10.00 Å². The van der Waals surface area contributed by atoms with Crippen molar-refractivity contribution < 1.29 is 9.53 Å². The summed E-state index contributed by atoms with van der Waals surface area (Å²) in [5.41, 5.74) is 0. The summed E-state index contributed by atoms with van der Waals surface area (Å²) in [7, 11) is 0. The average molecular weight is 193 g/mol. The zero-order valence-electron chi connectivity index (χ0n) is 8.02. The number of nitriles is 1. The molecule has 74 valence electrons. The first-order chi connectivity index (χ1) is 6.65. The largest absolute Gasteiger partial charge is 0.441 e. The Bertz CT molecular complexity index is 337. The molecule has 0 aromatic carbocycles. The molecule has 0 saturated heterocycles. The van der Waals surface area contributed by atoms with Crippen molar-refractivity contribution in [1.29, 1.82) is 5.26 Å². The van der Waals surface area contributed by atoms with Gasteiger partial charge in [0.25, 0.3) is 0 Å². The Morgan fingerprint density at radius 3 is 2.86 bits per heavy atom. The van der Waals surface area contributed by atoms with Crippen LogP contribution in [-0.2, 0) is 4.74 Å². The molecule has 1 heterocycles. The summed E-state index contributed by atoms with van der Waals surface area (Å²) in [4.78, 5) is 17.6. The van der Waals surface area contributed by atoms with Gasteiger partial charge in [0.1, 0.15) is 6.07 Å². The molecule has 5 heteroatoms. The minimum atomic E-state index is -0.729. The highest BCUT2D eigenvalue weighted by molar-refractivity contribution is 5.85. The summed E-state index contributed by atoms with van der Waals surface area (Å²) in [5, 5.41) is 8.69. The normalized spacial score (nSPS) is 12.1. The highest BCUT2D eigenvalue weighted by Gasteiger charge is 2.19. The standard InChI is InChI=1S/C9H11N3O2/c1-6(2)7(5-10)14-9(13)8-11-3-4-12-8/h3-4,6-7H,1-2H3,(H,11,12). The Morgan fingerprint density at radius 1 is 1.71 bits per heavy atom. The van der Waals surface area contributed by atoms with Gasteiger partial charge in [0.15, 0.2) is 6.10 Å². The Kier molecular flexibility index (Phi) is 3.24. The lowest BCUT2D eigenvalue weighted by Crippen LogP contribution is -2.22. The van der Waals surface area contributed by atoms with Gasteiger partial charge in [0.2, 0.25) is 5.82 Å². The minimum absolute atomic E-state index is 0.0288. The summed E-state index contributed by atoms with van der Waals surface area (Å²) in [6, 6.07) is 1.91. The number of nitrogens with one attached hydrogen (secondary N) is 1. The Morgan fingerprint density at radius 2 is 2.43 bits per heavy atom. The SMILES string of the molecule is CC(C)C(C#N)OC(=O)c1ncc[nH]1. The second-order valence-corrected chi connectivity index (χ2v) is 3.14. The predicted octanol–water partition coefficient (Wildman–Crippen LogP) is 1.11. The Balaban J connectivity index is 2.61. The molecule has 0 saturated carbocycles. The summed E-state index contributed by atoms with van der Waals surface area (Å²) < 4.78 is 4.91. The Hall–Kier alpha value is -1.83. The molecule has 0 radical (unpaired) electrons. The maximum atomic E-state index is 11.3. The number of carbonyl (C=O) groups excluding carboxylic acids is 1. The number of hydrogen-bond acceptors (Lipinski definition) is 4. The van der Waals surface area contributed by atoms with Crippen molar-refractivity contribution in [3.05, 3.63) is 18.2 Å². The van der Waals surface area contributed by atoms with Crippen LogP contribution in [-0.4, -0.2) is 22.0 Å². The lowest BCUT2D eigenvalue weighted by molar-refractivity contribution is 0.0312. The first kappa shape index (κ1) is 10.3. The highest BCUT2D eigenvalue weighted by Crippen LogP contribution is 2.07. The molecule has 1 aromatic heterocycles. The van der Waals surface area contributed by atoms with Crippen LogP contribution < -0.4 is 0 Å². The van der Waals surface area contributed by atoms with Gasteiger partial charge in [0, 0.05) is 18.3 Å². The number of imidazole rings is 1. The lowest BCUT2D eigenvalue weighted by atomic mass is 10.1. The van der Waals surface area contributed by atoms with Crippen LogP contribution in [0, 0.1) is 17.2 Å². The number of aromatic amines is 1. The van der Waals surface area contributed by atoms with Crippen LogP contribution in [0.1, 0.15) is 24.5 Å². The van der Waals surface area contributed by atoms with Crippen LogP contribution in [0.5, 0.6) is 0 Å². The predicted molar refractivity (Wildman–Crippen MR) is 48.2 cm³/mol. The molecular weight excluding hydrogens is 182 g/mol. The fourth-order valence-electron chi connectivity index (χ4n) is 0.860. The number of ether oxygens (including phenoxy) is 1. The summed E-state index contributed by atoms with van der Waals surface area (Å²) in [6.45, 7) is 3.62. The topological polar surface area (TPSA) is 78.8 Å². The molecule has 1 unspecified atom stereocenters. The second-order valence-electron chi connectivity index (χ2n) is 3.14. The van der Waals surface area contributed by atoms with Crippen molar-refractivity contribution in [2.24, 2.45) is 5.92 Å². The van der Waals surface area contributed by atoms with Crippen molar-refractivity contribution in [3.63, 3.8) is 0 Å². The van der Waals surface area contributed by atoms with E-state index in [-0.39, 0.29) is 11.7 Å². The van der Waals surface area contributed by atoms with Crippen molar-refractivity contribution >= 4 is 5.97 Å². The van der Waals surface area contributed by atoms with Crippen LogP contribution in [0.3, 0.4) is 0 Å². The van der Waals surface area contributed by atoms with Gasteiger partial charge in [-0.25, -0.2) is 9.78 Å². The minimum Gasteiger partial charge on any atom is -0.441 e. The number of nitrogens with zero attached hydrogens (tertiary/aromatic N) is 2. The van der Waals surface area contributed by atoms with E-state index in [0.29, 0.717) is 0 Å². The van der Waals surface area contributed by atoms with Gasteiger partial charge in [0.05, 0.1) is 0 Å². The van der Waals surface area contributed by atoms with Gasteiger partial charge >= 0.3 is 5.97 Å². The summed E-state index contributed by atoms with van der Waals surface area (Å²) in [5.74, 6) is -0.514. The molecule has 0 bridgehead atoms. The molecule has 1 N–H and O–H groups in total. The molecule has 1 atom stereocenters. The van der Waals surface area contributed by atoms with Crippen LogP contribution in [0.4, 0.5) is 0 Å². The van der Waals surface area contributed by atoms with Crippen molar-refractivity contribution in [3.8, 4) is 6.07 Å². The second kappa shape index (κ2) is 4.42. The van der Waals surface area contributed by atoms with Crippen LogP contribution in [0.25, 0.3) is 0 Å². The number of rotatable bonds is 3. The number of aromatic nitrogens is 2. The fourth-order valence-corrected chi connectivity index (χ4v) is 0.860. The van der Waals surface area contributed by atoms with E-state index in [1.54, 1.807) is 0 Å². The van der Waals surface area contributed by atoms with E-state index in [1.807, 2.05) is 19.9 Å². The zero-order valence-corrected chi connectivity index (χ0v) is 8.02. The van der Waals surface area contributed by atoms with E-state index in [1.165, 1.54) is 12.4 Å². The number of carbonyl (C=O) groups is 1. The van der Waals surface area contributed by atoms with Crippen LogP contribution in [0.15, 0.2) is 12.4 Å². The van der Waals surface area contributed by atoms with E-state index in [9.17, 15) is 4.79 Å². The smallest absolute Gasteiger partial charge is 0.375 e. The van der Waals surface area contributed by atoms with E-state index >= 15 is 0 Å². The van der Waals surface area contributed by atoms with Crippen molar-refractivity contribution in [1.82, 2.24) is 9.97 Å². The van der Waals surface area contributed by atoms with Gasteiger partial charge < -0.3 is 9.72 Å². The van der Waals surface area contributed by atoms with Gasteiger partial charge in [-0.1, -0.05) is 13.8 Å².